The van der Waals surface area contributed by atoms with E-state index in [-0.39, 0.29) is 46.8 Å². The van der Waals surface area contributed by atoms with Gasteiger partial charge in [0.25, 0.3) is 0 Å². The third-order valence-corrected chi connectivity index (χ3v) is 17.1. The lowest BCUT2D eigenvalue weighted by Gasteiger charge is -2.68. The molecule has 0 aromatic heterocycles. The standard InChI is InChI=1S/C43H72O12/c1-21(2)18-23-19-24(37(50-9)53-23)25-12-16-43(8)27-10-11-29-40(4,5)30(14-15-41(29,6)26(27)13-17-42(25,43)7)55-39-36(49)34(47)32(45)28(54-39)20-51-38-35(48)33(46)31(44)22(3)52-38/h18,22-39,44-49H,10-17,19-20H2,1-9H3/t22-,23+,24-,25-,26-,27+,28+,29-,30-,31-,32+,33+,34-,35+,36+,37-,38+,39-,41+,42-,43+/m0/s1. The highest BCUT2D eigenvalue weighted by atomic mass is 16.7. The van der Waals surface area contributed by atoms with E-state index in [1.54, 1.807) is 14.0 Å². The van der Waals surface area contributed by atoms with Gasteiger partial charge in [-0.3, -0.25) is 0 Å². The Morgan fingerprint density at radius 3 is 1.98 bits per heavy atom. The highest BCUT2D eigenvalue weighted by molar-refractivity contribution is 5.17. The SMILES string of the molecule is CO[C@H]1O[C@H](C=C(C)C)C[C@H]1[C@@H]1CC[C@]2(C)[C@@H]3CC[C@H]4C(C)(C)[C@@H](O[C@@H]5O[C@H](CO[C@@H]6O[C@@H](C)[C@H](O)[C@@H](O)[C@H]6O)[C@@H](O)[C@H](O)[C@H]5O)CC[C@]4(C)[C@H]3CC[C@@]12C. The van der Waals surface area contributed by atoms with Crippen molar-refractivity contribution in [2.24, 2.45) is 51.2 Å². The molecule has 3 saturated heterocycles. The number of aliphatic hydroxyl groups excluding tert-OH is 6. The Bertz CT molecular complexity index is 1390. The summed E-state index contributed by atoms with van der Waals surface area (Å²) in [6.07, 6.45) is -1.24. The summed E-state index contributed by atoms with van der Waals surface area (Å²) >= 11 is 0. The second-order valence-corrected chi connectivity index (χ2v) is 20.3. The predicted molar refractivity (Wildman–Crippen MR) is 202 cm³/mol. The van der Waals surface area contributed by atoms with Gasteiger partial charge < -0.3 is 59.1 Å². The van der Waals surface area contributed by atoms with E-state index < -0.39 is 61.4 Å². The van der Waals surface area contributed by atoms with Crippen molar-refractivity contribution in [3.8, 4) is 0 Å². The summed E-state index contributed by atoms with van der Waals surface area (Å²) in [5.41, 5.74) is 1.62. The third kappa shape index (κ3) is 6.92. The molecular formula is C43H72O12. The Labute approximate surface area is 328 Å². The van der Waals surface area contributed by atoms with Crippen LogP contribution in [0, 0.1) is 51.2 Å². The molecule has 7 rings (SSSR count). The van der Waals surface area contributed by atoms with Crippen molar-refractivity contribution in [2.75, 3.05) is 13.7 Å². The largest absolute Gasteiger partial charge is 0.388 e. The van der Waals surface area contributed by atoms with Gasteiger partial charge in [0, 0.05) is 13.0 Å². The zero-order valence-corrected chi connectivity index (χ0v) is 34.7. The van der Waals surface area contributed by atoms with E-state index in [9.17, 15) is 30.6 Å². The van der Waals surface area contributed by atoms with Gasteiger partial charge in [0.05, 0.1) is 24.9 Å². The van der Waals surface area contributed by atoms with E-state index >= 15 is 0 Å². The Hall–Kier alpha value is -0.740. The molecule has 0 aromatic carbocycles. The van der Waals surface area contributed by atoms with Gasteiger partial charge in [-0.15, -0.1) is 0 Å². The minimum atomic E-state index is -1.55. The van der Waals surface area contributed by atoms with Crippen molar-refractivity contribution in [3.63, 3.8) is 0 Å². The molecule has 12 heteroatoms. The van der Waals surface area contributed by atoms with Gasteiger partial charge in [0.15, 0.2) is 18.9 Å². The second kappa shape index (κ2) is 15.4. The normalized spacial score (nSPS) is 55.0. The van der Waals surface area contributed by atoms with Crippen molar-refractivity contribution < 1.29 is 59.1 Å². The zero-order valence-electron chi connectivity index (χ0n) is 34.7. The van der Waals surface area contributed by atoms with Crippen LogP contribution < -0.4 is 0 Å². The van der Waals surface area contributed by atoms with Gasteiger partial charge in [-0.1, -0.05) is 46.3 Å². The number of hydrogen-bond acceptors (Lipinski definition) is 12. The fraction of sp³-hybridized carbons (Fsp3) is 0.953. The molecule has 4 saturated carbocycles. The maximum absolute atomic E-state index is 11.1. The van der Waals surface area contributed by atoms with Gasteiger partial charge in [0.1, 0.15) is 42.7 Å². The van der Waals surface area contributed by atoms with Crippen molar-refractivity contribution in [1.29, 1.82) is 0 Å². The number of aliphatic hydroxyl groups is 6. The first-order valence-corrected chi connectivity index (χ1v) is 21.3. The lowest BCUT2D eigenvalue weighted by Crippen LogP contribution is -2.64. The fourth-order valence-corrected chi connectivity index (χ4v) is 13.9. The van der Waals surface area contributed by atoms with Crippen LogP contribution in [0.15, 0.2) is 11.6 Å². The van der Waals surface area contributed by atoms with E-state index in [1.165, 1.54) is 37.7 Å². The molecule has 0 radical (unpaired) electrons. The Kier molecular flexibility index (Phi) is 11.9. The van der Waals surface area contributed by atoms with Crippen molar-refractivity contribution in [1.82, 2.24) is 0 Å². The Morgan fingerprint density at radius 1 is 0.673 bits per heavy atom. The number of methoxy groups -OCH3 is 1. The molecule has 12 nitrogen and oxygen atoms in total. The van der Waals surface area contributed by atoms with Crippen LogP contribution in [0.1, 0.15) is 113 Å². The molecule has 0 spiro atoms. The van der Waals surface area contributed by atoms with Crippen LogP contribution in [0.25, 0.3) is 0 Å². The minimum Gasteiger partial charge on any atom is -0.388 e. The highest BCUT2D eigenvalue weighted by Gasteiger charge is 2.69. The lowest BCUT2D eigenvalue weighted by molar-refractivity contribution is -0.343. The van der Waals surface area contributed by atoms with Crippen LogP contribution in [0.4, 0.5) is 0 Å². The number of allylic oxidation sites excluding steroid dienone is 1. The van der Waals surface area contributed by atoms with Crippen LogP contribution in [0.3, 0.4) is 0 Å². The van der Waals surface area contributed by atoms with Crippen LogP contribution >= 0.6 is 0 Å². The topological polar surface area (TPSA) is 177 Å². The van der Waals surface area contributed by atoms with Crippen LogP contribution in [0.2, 0.25) is 0 Å². The molecule has 0 aromatic rings. The molecule has 0 amide bonds. The molecule has 4 aliphatic carbocycles. The molecule has 6 N–H and O–H groups in total. The molecule has 7 aliphatic rings. The molecule has 0 unspecified atom stereocenters. The van der Waals surface area contributed by atoms with Crippen molar-refractivity contribution in [2.45, 2.75) is 193 Å². The molecule has 3 heterocycles. The summed E-state index contributed by atoms with van der Waals surface area (Å²) < 4.78 is 36.5. The lowest BCUT2D eigenvalue weighted by atomic mass is 9.38. The molecular weight excluding hydrogens is 708 g/mol. The molecule has 3 aliphatic heterocycles. The van der Waals surface area contributed by atoms with Crippen molar-refractivity contribution in [3.05, 3.63) is 11.6 Å². The van der Waals surface area contributed by atoms with Crippen LogP contribution in [0.5, 0.6) is 0 Å². The molecule has 0 bridgehead atoms. The number of fused-ring (bicyclic) bond motifs is 5. The number of ether oxygens (including phenoxy) is 6. The van der Waals surface area contributed by atoms with E-state index in [0.717, 1.165) is 25.7 Å². The highest BCUT2D eigenvalue weighted by Crippen LogP contribution is 2.75. The minimum absolute atomic E-state index is 0.119. The van der Waals surface area contributed by atoms with Gasteiger partial charge in [0.2, 0.25) is 0 Å². The van der Waals surface area contributed by atoms with Gasteiger partial charge in [-0.05, 0) is 124 Å². The Balaban J connectivity index is 1.03. The summed E-state index contributed by atoms with van der Waals surface area (Å²) in [6, 6.07) is 0. The van der Waals surface area contributed by atoms with Gasteiger partial charge >= 0.3 is 0 Å². The summed E-state index contributed by atoms with van der Waals surface area (Å²) in [6.45, 7) is 17.9. The van der Waals surface area contributed by atoms with E-state index in [0.29, 0.717) is 29.6 Å². The first-order chi connectivity index (χ1) is 25.8. The summed E-state index contributed by atoms with van der Waals surface area (Å²) in [5.74, 6) is 2.60. The van der Waals surface area contributed by atoms with Gasteiger partial charge in [-0.2, -0.15) is 0 Å². The summed E-state index contributed by atoms with van der Waals surface area (Å²) in [4.78, 5) is 0. The van der Waals surface area contributed by atoms with E-state index in [4.69, 9.17) is 28.4 Å². The zero-order chi connectivity index (χ0) is 40.0. The fourth-order valence-electron chi connectivity index (χ4n) is 13.9. The Morgan fingerprint density at radius 2 is 1.31 bits per heavy atom. The van der Waals surface area contributed by atoms with E-state index in [1.807, 2.05) is 0 Å². The first-order valence-electron chi connectivity index (χ1n) is 21.3. The molecule has 7 fully saturated rings. The average molecular weight is 781 g/mol. The monoisotopic (exact) mass is 781 g/mol. The summed E-state index contributed by atoms with van der Waals surface area (Å²) in [7, 11) is 1.80. The maximum atomic E-state index is 11.1. The molecule has 21 atom stereocenters. The quantitative estimate of drug-likeness (QED) is 0.154. The third-order valence-electron chi connectivity index (χ3n) is 17.1. The van der Waals surface area contributed by atoms with Crippen molar-refractivity contribution >= 4 is 0 Å². The smallest absolute Gasteiger partial charge is 0.186 e. The number of rotatable bonds is 8. The van der Waals surface area contributed by atoms with E-state index in [2.05, 4.69) is 54.5 Å². The van der Waals surface area contributed by atoms with Gasteiger partial charge in [-0.25, -0.2) is 0 Å². The molecule has 55 heavy (non-hydrogen) atoms. The molecule has 316 valence electrons. The van der Waals surface area contributed by atoms with Crippen LogP contribution in [-0.4, -0.2) is 124 Å². The summed E-state index contributed by atoms with van der Waals surface area (Å²) in [5, 5.41) is 63.5. The average Bonchev–Trinajstić information content (AvgIpc) is 3.65. The van der Waals surface area contributed by atoms with Crippen LogP contribution in [-0.2, 0) is 28.4 Å². The second-order valence-electron chi connectivity index (χ2n) is 20.3. The predicted octanol–water partition coefficient (Wildman–Crippen LogP) is 4.05. The first kappa shape index (κ1) is 42.4. The maximum Gasteiger partial charge on any atom is 0.186 e. The number of hydrogen-bond donors (Lipinski definition) is 6.